The van der Waals surface area contributed by atoms with Gasteiger partial charge in [0.2, 0.25) is 0 Å². The van der Waals surface area contributed by atoms with Gasteiger partial charge in [0.05, 0.1) is 0 Å². The molecule has 2 fully saturated rings. The van der Waals surface area contributed by atoms with Crippen LogP contribution in [-0.2, 0) is 0 Å². The number of piperazine rings is 1. The van der Waals surface area contributed by atoms with E-state index in [0.717, 1.165) is 12.6 Å². The summed E-state index contributed by atoms with van der Waals surface area (Å²) in [7, 11) is 0. The van der Waals surface area contributed by atoms with Crippen LogP contribution in [0.4, 0.5) is 5.69 Å². The second-order valence-electron chi connectivity index (χ2n) is 5.90. The summed E-state index contributed by atoms with van der Waals surface area (Å²) in [5, 5.41) is 3.53. The van der Waals surface area contributed by atoms with E-state index < -0.39 is 0 Å². The molecule has 1 aromatic rings. The summed E-state index contributed by atoms with van der Waals surface area (Å²) in [5.41, 5.74) is 1.38. The molecule has 2 aliphatic rings. The monoisotopic (exact) mass is 259 g/mol. The van der Waals surface area contributed by atoms with E-state index >= 15 is 0 Å². The van der Waals surface area contributed by atoms with Crippen LogP contribution in [0.5, 0.6) is 0 Å². The van der Waals surface area contributed by atoms with Crippen LogP contribution in [0, 0.1) is 0 Å². The molecule has 0 bridgehead atoms. The van der Waals surface area contributed by atoms with Gasteiger partial charge < -0.3 is 10.2 Å². The van der Waals surface area contributed by atoms with Gasteiger partial charge in [-0.05, 0) is 31.9 Å². The first-order valence-electron chi connectivity index (χ1n) is 7.60. The first-order chi connectivity index (χ1) is 9.33. The maximum absolute atomic E-state index is 3.53. The molecule has 1 aromatic carbocycles. The summed E-state index contributed by atoms with van der Waals surface area (Å²) in [4.78, 5) is 5.23. The molecule has 2 heterocycles. The fraction of sp³-hybridized carbons (Fsp3) is 0.625. The molecule has 0 aliphatic carbocycles. The Morgan fingerprint density at radius 2 is 1.79 bits per heavy atom. The van der Waals surface area contributed by atoms with E-state index in [-0.39, 0.29) is 0 Å². The molecule has 1 atom stereocenters. The minimum absolute atomic E-state index is 0.654. The van der Waals surface area contributed by atoms with Crippen molar-refractivity contribution in [2.75, 3.05) is 37.6 Å². The average Bonchev–Trinajstić information content (AvgIpc) is 2.48. The van der Waals surface area contributed by atoms with Crippen molar-refractivity contribution in [3.05, 3.63) is 30.3 Å². The minimum atomic E-state index is 0.654. The van der Waals surface area contributed by atoms with Crippen molar-refractivity contribution in [2.45, 2.75) is 31.8 Å². The summed E-state index contributed by atoms with van der Waals surface area (Å²) in [6, 6.07) is 12.3. The van der Waals surface area contributed by atoms with Crippen LogP contribution in [-0.4, -0.2) is 49.7 Å². The van der Waals surface area contributed by atoms with E-state index in [2.05, 4.69) is 52.4 Å². The summed E-state index contributed by atoms with van der Waals surface area (Å²) in [6.07, 6.45) is 2.61. The number of hydrogen-bond acceptors (Lipinski definition) is 3. The first kappa shape index (κ1) is 12.9. The number of rotatable bonds is 2. The van der Waals surface area contributed by atoms with Gasteiger partial charge in [0, 0.05) is 50.5 Å². The van der Waals surface area contributed by atoms with E-state index in [1.54, 1.807) is 0 Å². The largest absolute Gasteiger partial charge is 0.371 e. The highest BCUT2D eigenvalue weighted by atomic mass is 15.2. The Kier molecular flexibility index (Phi) is 4.04. The normalized spacial score (nSPS) is 26.6. The van der Waals surface area contributed by atoms with E-state index in [1.165, 1.54) is 44.7 Å². The Bertz CT molecular complexity index is 384. The molecule has 0 aromatic heterocycles. The molecule has 1 unspecified atom stereocenters. The van der Waals surface area contributed by atoms with E-state index in [4.69, 9.17) is 0 Å². The number of piperidine rings is 1. The zero-order valence-electron chi connectivity index (χ0n) is 11.9. The standard InChI is InChI=1S/C16H25N3/c1-14-13-19(12-9-17-14)16-7-10-18(11-8-16)15-5-3-2-4-6-15/h2-6,14,16-17H,7-13H2,1H3. The average molecular weight is 259 g/mol. The van der Waals surface area contributed by atoms with Crippen molar-refractivity contribution in [1.29, 1.82) is 0 Å². The molecule has 0 amide bonds. The predicted octanol–water partition coefficient (Wildman–Crippen LogP) is 1.95. The van der Waals surface area contributed by atoms with Gasteiger partial charge in [-0.1, -0.05) is 18.2 Å². The zero-order valence-corrected chi connectivity index (χ0v) is 11.9. The topological polar surface area (TPSA) is 18.5 Å². The van der Waals surface area contributed by atoms with Gasteiger partial charge in [-0.3, -0.25) is 4.90 Å². The van der Waals surface area contributed by atoms with Crippen molar-refractivity contribution in [3.63, 3.8) is 0 Å². The lowest BCUT2D eigenvalue weighted by molar-refractivity contribution is 0.129. The Labute approximate surface area is 116 Å². The zero-order chi connectivity index (χ0) is 13.1. The fourth-order valence-electron chi connectivity index (χ4n) is 3.42. The number of nitrogens with one attached hydrogen (secondary N) is 1. The van der Waals surface area contributed by atoms with E-state index in [9.17, 15) is 0 Å². The number of benzene rings is 1. The molecular formula is C16H25N3. The van der Waals surface area contributed by atoms with Gasteiger partial charge in [-0.15, -0.1) is 0 Å². The van der Waals surface area contributed by atoms with Crippen LogP contribution in [0.3, 0.4) is 0 Å². The fourth-order valence-corrected chi connectivity index (χ4v) is 3.42. The highest BCUT2D eigenvalue weighted by molar-refractivity contribution is 5.46. The quantitative estimate of drug-likeness (QED) is 0.876. The number of para-hydroxylation sites is 1. The second kappa shape index (κ2) is 5.93. The van der Waals surface area contributed by atoms with Crippen LogP contribution in [0.1, 0.15) is 19.8 Å². The van der Waals surface area contributed by atoms with Gasteiger partial charge in [-0.2, -0.15) is 0 Å². The van der Waals surface area contributed by atoms with E-state index in [1.807, 2.05) is 0 Å². The highest BCUT2D eigenvalue weighted by Gasteiger charge is 2.27. The van der Waals surface area contributed by atoms with Gasteiger partial charge in [0.1, 0.15) is 0 Å². The second-order valence-corrected chi connectivity index (χ2v) is 5.90. The molecule has 19 heavy (non-hydrogen) atoms. The smallest absolute Gasteiger partial charge is 0.0366 e. The molecule has 0 saturated carbocycles. The van der Waals surface area contributed by atoms with E-state index in [0.29, 0.717) is 6.04 Å². The maximum atomic E-state index is 3.53. The molecule has 3 rings (SSSR count). The number of anilines is 1. The SMILES string of the molecule is CC1CN(C2CCN(c3ccccc3)CC2)CCN1. The Morgan fingerprint density at radius 1 is 1.05 bits per heavy atom. The molecule has 0 radical (unpaired) electrons. The van der Waals surface area contributed by atoms with Crippen LogP contribution in [0.15, 0.2) is 30.3 Å². The van der Waals surface area contributed by atoms with Crippen LogP contribution in [0.25, 0.3) is 0 Å². The van der Waals surface area contributed by atoms with Crippen LogP contribution in [0.2, 0.25) is 0 Å². The maximum Gasteiger partial charge on any atom is 0.0366 e. The third kappa shape index (κ3) is 3.10. The van der Waals surface area contributed by atoms with Crippen LogP contribution < -0.4 is 10.2 Å². The molecule has 2 saturated heterocycles. The summed E-state index contributed by atoms with van der Waals surface area (Å²) < 4.78 is 0. The molecule has 3 nitrogen and oxygen atoms in total. The molecule has 0 spiro atoms. The van der Waals surface area contributed by atoms with Crippen molar-refractivity contribution in [3.8, 4) is 0 Å². The lowest BCUT2D eigenvalue weighted by atomic mass is 10.0. The third-order valence-electron chi connectivity index (χ3n) is 4.50. The van der Waals surface area contributed by atoms with Gasteiger partial charge in [0.15, 0.2) is 0 Å². The van der Waals surface area contributed by atoms with Crippen LogP contribution >= 0.6 is 0 Å². The Morgan fingerprint density at radius 3 is 2.47 bits per heavy atom. The molecule has 1 N–H and O–H groups in total. The van der Waals surface area contributed by atoms with Crippen molar-refractivity contribution in [2.24, 2.45) is 0 Å². The molecule has 3 heteroatoms. The minimum Gasteiger partial charge on any atom is -0.371 e. The Hall–Kier alpha value is -1.06. The Balaban J connectivity index is 1.54. The predicted molar refractivity (Wildman–Crippen MR) is 80.7 cm³/mol. The summed E-state index contributed by atoms with van der Waals surface area (Å²) in [6.45, 7) is 8.29. The number of nitrogens with zero attached hydrogens (tertiary/aromatic N) is 2. The molecule has 2 aliphatic heterocycles. The lowest BCUT2D eigenvalue weighted by Crippen LogP contribution is -2.55. The summed E-state index contributed by atoms with van der Waals surface area (Å²) in [5.74, 6) is 0. The molecule has 104 valence electrons. The third-order valence-corrected chi connectivity index (χ3v) is 4.50. The summed E-state index contributed by atoms with van der Waals surface area (Å²) >= 11 is 0. The van der Waals surface area contributed by atoms with Crippen molar-refractivity contribution in [1.82, 2.24) is 10.2 Å². The van der Waals surface area contributed by atoms with Crippen molar-refractivity contribution < 1.29 is 0 Å². The number of hydrogen-bond donors (Lipinski definition) is 1. The van der Waals surface area contributed by atoms with Gasteiger partial charge >= 0.3 is 0 Å². The van der Waals surface area contributed by atoms with Gasteiger partial charge in [0.25, 0.3) is 0 Å². The van der Waals surface area contributed by atoms with Crippen molar-refractivity contribution >= 4 is 5.69 Å². The highest BCUT2D eigenvalue weighted by Crippen LogP contribution is 2.22. The first-order valence-corrected chi connectivity index (χ1v) is 7.60. The lowest BCUT2D eigenvalue weighted by Gasteiger charge is -2.42. The molecular weight excluding hydrogens is 234 g/mol. The van der Waals surface area contributed by atoms with Gasteiger partial charge in [-0.25, -0.2) is 0 Å².